The van der Waals surface area contributed by atoms with Gasteiger partial charge in [0.05, 0.1) is 6.10 Å². The van der Waals surface area contributed by atoms with Crippen LogP contribution in [0.2, 0.25) is 0 Å². The number of nitrogens with zero attached hydrogens (tertiary/aromatic N) is 1. The summed E-state index contributed by atoms with van der Waals surface area (Å²) in [6.45, 7) is 0.639. The van der Waals surface area contributed by atoms with Crippen LogP contribution >= 0.6 is 0 Å². The van der Waals surface area contributed by atoms with Crippen LogP contribution in [0, 0.1) is 0 Å². The summed E-state index contributed by atoms with van der Waals surface area (Å²) in [5.74, 6) is -1.37. The maximum absolute atomic E-state index is 11.9. The zero-order valence-corrected chi connectivity index (χ0v) is 8.83. The summed E-state index contributed by atoms with van der Waals surface area (Å²) in [5.41, 5.74) is 0. The molecule has 2 saturated heterocycles. The highest BCUT2D eigenvalue weighted by Gasteiger charge is 2.41. The SMILES string of the molecule is O=C(O)[C@@H]1C[C@H](O)CN1C(=O)C1CCCO1. The predicted octanol–water partition coefficient (Wildman–Crippen LogP) is -0.788. The second-order valence-corrected chi connectivity index (χ2v) is 4.24. The van der Waals surface area contributed by atoms with Gasteiger partial charge in [-0.25, -0.2) is 4.79 Å². The van der Waals surface area contributed by atoms with Gasteiger partial charge in [-0.05, 0) is 12.8 Å². The Labute approximate surface area is 92.8 Å². The molecule has 0 aliphatic carbocycles. The molecule has 2 heterocycles. The van der Waals surface area contributed by atoms with Gasteiger partial charge in [0.15, 0.2) is 0 Å². The van der Waals surface area contributed by atoms with Crippen LogP contribution < -0.4 is 0 Å². The minimum Gasteiger partial charge on any atom is -0.480 e. The number of aliphatic hydroxyl groups excluding tert-OH is 1. The van der Waals surface area contributed by atoms with Gasteiger partial charge in [-0.15, -0.1) is 0 Å². The van der Waals surface area contributed by atoms with E-state index in [0.717, 1.165) is 6.42 Å². The average Bonchev–Trinajstić information content (AvgIpc) is 2.84. The number of β-amino-alcohol motifs (C(OH)–C–C–N with tert-alkyl or cyclic N) is 1. The van der Waals surface area contributed by atoms with Crippen molar-refractivity contribution in [2.24, 2.45) is 0 Å². The van der Waals surface area contributed by atoms with Crippen LogP contribution in [-0.4, -0.2) is 58.4 Å². The van der Waals surface area contributed by atoms with Gasteiger partial charge in [0.1, 0.15) is 12.1 Å². The van der Waals surface area contributed by atoms with Gasteiger partial charge in [0.25, 0.3) is 5.91 Å². The second kappa shape index (κ2) is 4.39. The van der Waals surface area contributed by atoms with Crippen molar-refractivity contribution in [3.8, 4) is 0 Å². The number of amides is 1. The number of aliphatic hydroxyl groups is 1. The molecule has 0 bridgehead atoms. The van der Waals surface area contributed by atoms with Crippen molar-refractivity contribution in [1.82, 2.24) is 4.90 Å². The molecular formula is C10H15NO5. The van der Waals surface area contributed by atoms with Crippen LogP contribution in [-0.2, 0) is 14.3 Å². The smallest absolute Gasteiger partial charge is 0.326 e. The summed E-state index contributed by atoms with van der Waals surface area (Å²) >= 11 is 0. The van der Waals surface area contributed by atoms with Gasteiger partial charge in [-0.1, -0.05) is 0 Å². The molecule has 2 aliphatic heterocycles. The number of ether oxygens (including phenoxy) is 1. The standard InChI is InChI=1S/C10H15NO5/c12-6-4-7(10(14)15)11(5-6)9(13)8-2-1-3-16-8/h6-8,12H,1-5H2,(H,14,15)/t6-,7-,8?/m0/s1. The largest absolute Gasteiger partial charge is 0.480 e. The van der Waals surface area contributed by atoms with E-state index >= 15 is 0 Å². The van der Waals surface area contributed by atoms with Crippen molar-refractivity contribution >= 4 is 11.9 Å². The van der Waals surface area contributed by atoms with Gasteiger partial charge in [-0.2, -0.15) is 0 Å². The molecule has 0 aromatic carbocycles. The van der Waals surface area contributed by atoms with Crippen LogP contribution in [0.1, 0.15) is 19.3 Å². The first kappa shape index (κ1) is 11.3. The third-order valence-electron chi connectivity index (χ3n) is 3.05. The lowest BCUT2D eigenvalue weighted by atomic mass is 10.2. The van der Waals surface area contributed by atoms with Gasteiger partial charge >= 0.3 is 5.97 Å². The van der Waals surface area contributed by atoms with E-state index in [9.17, 15) is 14.7 Å². The van der Waals surface area contributed by atoms with E-state index in [1.165, 1.54) is 4.90 Å². The molecule has 1 amide bonds. The fourth-order valence-corrected chi connectivity index (χ4v) is 2.25. The molecule has 0 aromatic heterocycles. The molecule has 6 heteroatoms. The summed E-state index contributed by atoms with van der Waals surface area (Å²) in [6, 6.07) is -0.910. The van der Waals surface area contributed by atoms with E-state index < -0.39 is 24.2 Å². The molecule has 2 N–H and O–H groups in total. The highest BCUT2D eigenvalue weighted by atomic mass is 16.5. The fraction of sp³-hybridized carbons (Fsp3) is 0.800. The number of carboxylic acid groups (broad SMARTS) is 1. The molecular weight excluding hydrogens is 214 g/mol. The summed E-state index contributed by atoms with van der Waals surface area (Å²) in [7, 11) is 0. The average molecular weight is 229 g/mol. The lowest BCUT2D eigenvalue weighted by molar-refractivity contribution is -0.152. The molecule has 6 nitrogen and oxygen atoms in total. The summed E-state index contributed by atoms with van der Waals surface area (Å²) < 4.78 is 5.22. The highest BCUT2D eigenvalue weighted by Crippen LogP contribution is 2.23. The third kappa shape index (κ3) is 2.03. The predicted molar refractivity (Wildman–Crippen MR) is 52.7 cm³/mol. The van der Waals surface area contributed by atoms with E-state index in [0.29, 0.717) is 13.0 Å². The fourth-order valence-electron chi connectivity index (χ4n) is 2.25. The topological polar surface area (TPSA) is 87.1 Å². The number of carboxylic acids is 1. The number of likely N-dealkylation sites (tertiary alicyclic amines) is 1. The number of carbonyl (C=O) groups excluding carboxylic acids is 1. The Kier molecular flexibility index (Phi) is 3.11. The number of carbonyl (C=O) groups is 2. The first-order valence-corrected chi connectivity index (χ1v) is 5.42. The van der Waals surface area contributed by atoms with Gasteiger partial charge in [0.2, 0.25) is 0 Å². The van der Waals surface area contributed by atoms with Crippen molar-refractivity contribution in [2.75, 3.05) is 13.2 Å². The molecule has 16 heavy (non-hydrogen) atoms. The Balaban J connectivity index is 2.06. The van der Waals surface area contributed by atoms with E-state index in [4.69, 9.17) is 9.84 Å². The number of aliphatic carboxylic acids is 1. The van der Waals surface area contributed by atoms with Crippen LogP contribution in [0.5, 0.6) is 0 Å². The molecule has 0 aromatic rings. The monoisotopic (exact) mass is 229 g/mol. The quantitative estimate of drug-likeness (QED) is 0.648. The number of hydrogen-bond acceptors (Lipinski definition) is 4. The Morgan fingerprint density at radius 3 is 2.69 bits per heavy atom. The summed E-state index contributed by atoms with van der Waals surface area (Å²) in [6.07, 6.45) is 0.300. The minimum atomic E-state index is -1.07. The maximum atomic E-state index is 11.9. The van der Waals surface area contributed by atoms with Crippen molar-refractivity contribution in [1.29, 1.82) is 0 Å². The lowest BCUT2D eigenvalue weighted by Gasteiger charge is -2.23. The van der Waals surface area contributed by atoms with E-state index in [1.807, 2.05) is 0 Å². The van der Waals surface area contributed by atoms with Crippen LogP contribution in [0.25, 0.3) is 0 Å². The Morgan fingerprint density at radius 1 is 1.38 bits per heavy atom. The molecule has 2 aliphatic rings. The number of rotatable bonds is 2. The van der Waals surface area contributed by atoms with Gasteiger partial charge in [-0.3, -0.25) is 4.79 Å². The second-order valence-electron chi connectivity index (χ2n) is 4.24. The molecule has 0 radical (unpaired) electrons. The van der Waals surface area contributed by atoms with Crippen LogP contribution in [0.3, 0.4) is 0 Å². The van der Waals surface area contributed by atoms with E-state index in [1.54, 1.807) is 0 Å². The highest BCUT2D eigenvalue weighted by molar-refractivity contribution is 5.87. The van der Waals surface area contributed by atoms with Gasteiger partial charge < -0.3 is 19.8 Å². The number of hydrogen-bond donors (Lipinski definition) is 2. The van der Waals surface area contributed by atoms with Crippen LogP contribution in [0.4, 0.5) is 0 Å². The van der Waals surface area contributed by atoms with Crippen LogP contribution in [0.15, 0.2) is 0 Å². The molecule has 0 spiro atoms. The molecule has 3 atom stereocenters. The molecule has 2 rings (SSSR count). The first-order chi connectivity index (χ1) is 7.59. The Hall–Kier alpha value is -1.14. The van der Waals surface area contributed by atoms with E-state index in [-0.39, 0.29) is 18.9 Å². The molecule has 2 fully saturated rings. The first-order valence-electron chi connectivity index (χ1n) is 5.42. The Morgan fingerprint density at radius 2 is 2.12 bits per heavy atom. The van der Waals surface area contributed by atoms with Crippen molar-refractivity contribution in [2.45, 2.75) is 37.5 Å². The molecule has 90 valence electrons. The molecule has 0 saturated carbocycles. The normalized spacial score (nSPS) is 34.3. The Bertz CT molecular complexity index is 300. The summed E-state index contributed by atoms with van der Waals surface area (Å²) in [4.78, 5) is 24.1. The lowest BCUT2D eigenvalue weighted by Crippen LogP contribution is -2.45. The van der Waals surface area contributed by atoms with Gasteiger partial charge in [0, 0.05) is 19.6 Å². The third-order valence-corrected chi connectivity index (χ3v) is 3.05. The zero-order valence-electron chi connectivity index (χ0n) is 8.83. The summed E-state index contributed by atoms with van der Waals surface area (Å²) in [5, 5.41) is 18.4. The maximum Gasteiger partial charge on any atom is 0.326 e. The zero-order chi connectivity index (χ0) is 11.7. The minimum absolute atomic E-state index is 0.0929. The van der Waals surface area contributed by atoms with E-state index in [2.05, 4.69) is 0 Å². The van der Waals surface area contributed by atoms with Crippen molar-refractivity contribution in [3.63, 3.8) is 0 Å². The van der Waals surface area contributed by atoms with Crippen molar-refractivity contribution < 1.29 is 24.5 Å². The van der Waals surface area contributed by atoms with Crippen molar-refractivity contribution in [3.05, 3.63) is 0 Å². The molecule has 1 unspecified atom stereocenters.